The van der Waals surface area contributed by atoms with Crippen LogP contribution in [0.2, 0.25) is 0 Å². The van der Waals surface area contributed by atoms with Crippen LogP contribution in [0.4, 0.5) is 16.2 Å². The Morgan fingerprint density at radius 1 is 0.944 bits per heavy atom. The molecule has 3 aromatic carbocycles. The second kappa shape index (κ2) is 11.2. The minimum atomic E-state index is -0.692. The van der Waals surface area contributed by atoms with Gasteiger partial charge in [0.25, 0.3) is 5.91 Å². The fraction of sp³-hybridized carbons (Fsp3) is 0.185. The predicted molar refractivity (Wildman–Crippen MR) is 139 cm³/mol. The normalized spacial score (nSPS) is 11.1. The van der Waals surface area contributed by atoms with Crippen LogP contribution in [0.5, 0.6) is 5.75 Å². The van der Waals surface area contributed by atoms with E-state index in [-0.39, 0.29) is 22.7 Å². The van der Waals surface area contributed by atoms with Crippen LogP contribution in [-0.2, 0) is 4.74 Å². The van der Waals surface area contributed by atoms with E-state index in [0.29, 0.717) is 22.4 Å². The number of hydrogen-bond acceptors (Lipinski definition) is 7. The van der Waals surface area contributed by atoms with Crippen molar-refractivity contribution in [2.24, 2.45) is 5.10 Å². The van der Waals surface area contributed by atoms with Gasteiger partial charge in [-0.05, 0) is 68.8 Å². The topological polar surface area (TPSA) is 132 Å². The molecule has 0 heterocycles. The highest BCUT2D eigenvalue weighted by Crippen LogP contribution is 2.27. The molecule has 4 N–H and O–H groups in total. The van der Waals surface area contributed by atoms with Gasteiger partial charge in [0.1, 0.15) is 11.4 Å². The third kappa shape index (κ3) is 6.92. The number of carbonyl (C=O) groups is 3. The molecule has 0 aromatic heterocycles. The molecule has 0 saturated carbocycles. The molecule has 0 aliphatic rings. The number of carbonyl (C=O) groups excluding carboxylic acids is 3. The molecule has 2 amide bonds. The number of hydrogen-bond donors (Lipinski definition) is 3. The fourth-order valence-corrected chi connectivity index (χ4v) is 3.20. The van der Waals surface area contributed by atoms with Gasteiger partial charge in [-0.25, -0.2) is 10.2 Å². The van der Waals surface area contributed by atoms with E-state index in [1.165, 1.54) is 13.3 Å². The largest absolute Gasteiger partial charge is 0.497 e. The highest BCUT2D eigenvalue weighted by Gasteiger charge is 2.19. The van der Waals surface area contributed by atoms with Crippen LogP contribution in [0.1, 0.15) is 52.6 Å². The SMILES string of the molecule is COc1ccc(C(=O)Nc2c(N)cccc2C(=O)c2cccc(C=NNC(=O)OC(C)(C)C)c2)cc1. The molecular formula is C27H28N4O5. The van der Waals surface area contributed by atoms with Crippen LogP contribution in [0.15, 0.2) is 71.8 Å². The Morgan fingerprint density at radius 2 is 1.64 bits per heavy atom. The maximum Gasteiger partial charge on any atom is 0.428 e. The lowest BCUT2D eigenvalue weighted by Gasteiger charge is -2.18. The summed E-state index contributed by atoms with van der Waals surface area (Å²) in [5, 5.41) is 6.62. The Labute approximate surface area is 209 Å². The van der Waals surface area contributed by atoms with Crippen molar-refractivity contribution in [1.29, 1.82) is 0 Å². The number of nitrogens with two attached hydrogens (primary N) is 1. The second-order valence-electron chi connectivity index (χ2n) is 8.78. The lowest BCUT2D eigenvalue weighted by molar-refractivity contribution is 0.0529. The molecule has 9 heteroatoms. The van der Waals surface area contributed by atoms with Gasteiger partial charge in [-0.2, -0.15) is 5.10 Å². The van der Waals surface area contributed by atoms with Crippen LogP contribution in [0.3, 0.4) is 0 Å². The maximum absolute atomic E-state index is 13.4. The van der Waals surface area contributed by atoms with E-state index in [4.69, 9.17) is 15.2 Å². The highest BCUT2D eigenvalue weighted by molar-refractivity contribution is 6.17. The Bertz CT molecular complexity index is 1290. The van der Waals surface area contributed by atoms with Gasteiger partial charge >= 0.3 is 6.09 Å². The zero-order chi connectivity index (χ0) is 26.3. The smallest absolute Gasteiger partial charge is 0.428 e. The molecule has 0 spiro atoms. The summed E-state index contributed by atoms with van der Waals surface area (Å²) >= 11 is 0. The van der Waals surface area contributed by atoms with E-state index in [2.05, 4.69) is 15.8 Å². The minimum absolute atomic E-state index is 0.217. The summed E-state index contributed by atoms with van der Waals surface area (Å²) < 4.78 is 10.2. The molecule has 9 nitrogen and oxygen atoms in total. The summed E-state index contributed by atoms with van der Waals surface area (Å²) in [6, 6.07) is 18.1. The first kappa shape index (κ1) is 26.0. The van der Waals surface area contributed by atoms with Gasteiger partial charge in [0, 0.05) is 16.7 Å². The van der Waals surface area contributed by atoms with E-state index in [1.54, 1.807) is 87.5 Å². The highest BCUT2D eigenvalue weighted by atomic mass is 16.6. The molecule has 0 atom stereocenters. The molecule has 0 radical (unpaired) electrons. The number of ketones is 1. The van der Waals surface area contributed by atoms with Gasteiger partial charge < -0.3 is 20.5 Å². The summed E-state index contributed by atoms with van der Waals surface area (Å²) in [5.41, 5.74) is 9.76. The quantitative estimate of drug-likeness (QED) is 0.192. The van der Waals surface area contributed by atoms with E-state index in [9.17, 15) is 14.4 Å². The van der Waals surface area contributed by atoms with Crippen molar-refractivity contribution in [2.45, 2.75) is 26.4 Å². The lowest BCUT2D eigenvalue weighted by atomic mass is 9.99. The lowest BCUT2D eigenvalue weighted by Crippen LogP contribution is -2.29. The van der Waals surface area contributed by atoms with Crippen molar-refractivity contribution in [2.75, 3.05) is 18.2 Å². The van der Waals surface area contributed by atoms with Crippen molar-refractivity contribution in [3.8, 4) is 5.75 Å². The zero-order valence-electron chi connectivity index (χ0n) is 20.5. The molecule has 0 saturated heterocycles. The standard InChI is InChI=1S/C27H28N4O5/c1-27(2,3)36-26(34)31-29-16-17-7-5-8-19(15-17)24(32)21-9-6-10-22(28)23(21)30-25(33)18-11-13-20(35-4)14-12-18/h5-16H,28H2,1-4H3,(H,30,33)(H,31,34). The van der Waals surface area contributed by atoms with E-state index in [1.807, 2.05) is 0 Å². The number of amides is 2. The van der Waals surface area contributed by atoms with Crippen LogP contribution in [0.25, 0.3) is 0 Å². The predicted octanol–water partition coefficient (Wildman–Crippen LogP) is 4.62. The Kier molecular flexibility index (Phi) is 8.06. The zero-order valence-corrected chi connectivity index (χ0v) is 20.5. The van der Waals surface area contributed by atoms with Crippen LogP contribution in [-0.4, -0.2) is 36.7 Å². The molecule has 0 unspecified atom stereocenters. The molecule has 0 bridgehead atoms. The van der Waals surface area contributed by atoms with Crippen molar-refractivity contribution in [3.63, 3.8) is 0 Å². The maximum atomic E-state index is 13.4. The Hall–Kier alpha value is -4.66. The molecule has 3 aromatic rings. The summed E-state index contributed by atoms with van der Waals surface area (Å²) in [6.07, 6.45) is 0.704. The van der Waals surface area contributed by atoms with E-state index in [0.717, 1.165) is 0 Å². The third-order valence-electron chi connectivity index (χ3n) is 4.85. The molecule has 0 aliphatic heterocycles. The first-order chi connectivity index (χ1) is 17.1. The molecule has 0 fully saturated rings. The monoisotopic (exact) mass is 488 g/mol. The average molecular weight is 489 g/mol. The summed E-state index contributed by atoms with van der Waals surface area (Å²) in [7, 11) is 1.54. The fourth-order valence-electron chi connectivity index (χ4n) is 3.20. The van der Waals surface area contributed by atoms with E-state index >= 15 is 0 Å². The number of methoxy groups -OCH3 is 1. The first-order valence-electron chi connectivity index (χ1n) is 11.1. The number of benzene rings is 3. The van der Waals surface area contributed by atoms with Crippen molar-refractivity contribution in [3.05, 3.63) is 89.0 Å². The summed E-state index contributed by atoms with van der Waals surface area (Å²) in [6.45, 7) is 5.24. The molecule has 186 valence electrons. The number of rotatable bonds is 7. The van der Waals surface area contributed by atoms with Crippen LogP contribution < -0.4 is 21.2 Å². The van der Waals surface area contributed by atoms with Crippen molar-refractivity contribution < 1.29 is 23.9 Å². The molecular weight excluding hydrogens is 460 g/mol. The van der Waals surface area contributed by atoms with Gasteiger partial charge in [-0.1, -0.05) is 24.3 Å². The third-order valence-corrected chi connectivity index (χ3v) is 4.85. The average Bonchev–Trinajstić information content (AvgIpc) is 2.84. The van der Waals surface area contributed by atoms with Gasteiger partial charge in [-0.15, -0.1) is 0 Å². The van der Waals surface area contributed by atoms with Crippen molar-refractivity contribution >= 4 is 35.4 Å². The Morgan fingerprint density at radius 3 is 2.31 bits per heavy atom. The minimum Gasteiger partial charge on any atom is -0.497 e. The number of nitrogens with zero attached hydrogens (tertiary/aromatic N) is 1. The molecule has 3 rings (SSSR count). The molecule has 36 heavy (non-hydrogen) atoms. The van der Waals surface area contributed by atoms with Gasteiger partial charge in [0.15, 0.2) is 5.78 Å². The Balaban J connectivity index is 1.80. The van der Waals surface area contributed by atoms with E-state index < -0.39 is 17.6 Å². The first-order valence-corrected chi connectivity index (χ1v) is 11.1. The van der Waals surface area contributed by atoms with Gasteiger partial charge in [0.05, 0.1) is 24.7 Å². The number of nitrogen functional groups attached to an aromatic ring is 1. The van der Waals surface area contributed by atoms with Crippen molar-refractivity contribution in [1.82, 2.24) is 5.43 Å². The summed E-state index contributed by atoms with van der Waals surface area (Å²) in [4.78, 5) is 37.9. The van der Waals surface area contributed by atoms with Crippen LogP contribution in [0, 0.1) is 0 Å². The number of anilines is 2. The number of ether oxygens (including phenoxy) is 2. The molecule has 0 aliphatic carbocycles. The van der Waals surface area contributed by atoms with Gasteiger partial charge in [-0.3, -0.25) is 9.59 Å². The number of nitrogens with one attached hydrogen (secondary N) is 2. The summed E-state index contributed by atoms with van der Waals surface area (Å²) in [5.74, 6) is -0.146. The number of hydrazone groups is 1. The van der Waals surface area contributed by atoms with Gasteiger partial charge in [0.2, 0.25) is 0 Å². The number of para-hydroxylation sites is 1. The second-order valence-corrected chi connectivity index (χ2v) is 8.78. The van der Waals surface area contributed by atoms with Crippen LogP contribution >= 0.6 is 0 Å².